The molecule has 2 aromatic heterocycles. The van der Waals surface area contributed by atoms with Crippen molar-refractivity contribution in [2.75, 3.05) is 0 Å². The summed E-state index contributed by atoms with van der Waals surface area (Å²) in [6, 6.07) is 43.6. The van der Waals surface area contributed by atoms with Gasteiger partial charge in [0.1, 0.15) is 11.2 Å². The Morgan fingerprint density at radius 2 is 0.821 bits per heavy atom. The van der Waals surface area contributed by atoms with Crippen LogP contribution < -0.4 is 0 Å². The maximum absolute atomic E-state index is 6.06. The van der Waals surface area contributed by atoms with Gasteiger partial charge in [0.05, 0.1) is 0 Å². The van der Waals surface area contributed by atoms with Crippen LogP contribution in [0.2, 0.25) is 0 Å². The van der Waals surface area contributed by atoms with Crippen molar-refractivity contribution < 1.29 is 4.42 Å². The largest absolute Gasteiger partial charge is 0.456 e. The Labute approximate surface area is 224 Å². The quantitative estimate of drug-likeness (QED) is 0.243. The number of fused-ring (bicyclic) bond motifs is 5. The van der Waals surface area contributed by atoms with Gasteiger partial charge in [0, 0.05) is 27.5 Å². The van der Waals surface area contributed by atoms with E-state index in [0.29, 0.717) is 17.5 Å². The second-order valence-electron chi connectivity index (χ2n) is 9.74. The van der Waals surface area contributed by atoms with Crippen LogP contribution in [-0.4, -0.2) is 15.0 Å². The Hall–Kier alpha value is -5.35. The number of nitrogens with zero attached hydrogens (tertiary/aromatic N) is 3. The average Bonchev–Trinajstić information content (AvgIpc) is 3.38. The van der Waals surface area contributed by atoms with Crippen LogP contribution in [0.5, 0.6) is 0 Å². The topological polar surface area (TPSA) is 51.8 Å². The van der Waals surface area contributed by atoms with Crippen LogP contribution in [0.15, 0.2) is 132 Å². The molecule has 4 nitrogen and oxygen atoms in total. The van der Waals surface area contributed by atoms with E-state index in [2.05, 4.69) is 97.1 Å². The predicted octanol–water partition coefficient (Wildman–Crippen LogP) is 9.08. The lowest BCUT2D eigenvalue weighted by Crippen LogP contribution is -2.00. The van der Waals surface area contributed by atoms with Gasteiger partial charge in [-0.15, -0.1) is 0 Å². The van der Waals surface area contributed by atoms with Gasteiger partial charge >= 0.3 is 0 Å². The van der Waals surface area contributed by atoms with Gasteiger partial charge in [-0.3, -0.25) is 0 Å². The standard InChI is InChI=1S/C35H21N3O/c1-3-9-24-19-26(15-13-22(24)7-1)33-36-34(27-16-14-23-8-2-4-10-25(23)20-27)38-35(37-33)28-17-18-32-30(21-28)29-11-5-6-12-31(29)39-32/h1-21H. The van der Waals surface area contributed by atoms with Gasteiger partial charge in [-0.05, 0) is 57.9 Å². The highest BCUT2D eigenvalue weighted by molar-refractivity contribution is 6.06. The molecular weight excluding hydrogens is 478 g/mol. The number of rotatable bonds is 3. The van der Waals surface area contributed by atoms with Gasteiger partial charge in [-0.1, -0.05) is 91.0 Å². The third kappa shape index (κ3) is 3.73. The van der Waals surface area contributed by atoms with E-state index in [1.54, 1.807) is 0 Å². The second-order valence-corrected chi connectivity index (χ2v) is 9.74. The van der Waals surface area contributed by atoms with Crippen molar-refractivity contribution in [3.05, 3.63) is 127 Å². The fourth-order valence-corrected chi connectivity index (χ4v) is 5.29. The molecule has 182 valence electrons. The van der Waals surface area contributed by atoms with Crippen LogP contribution in [0.3, 0.4) is 0 Å². The number of hydrogen-bond donors (Lipinski definition) is 0. The Balaban J connectivity index is 1.35. The first kappa shape index (κ1) is 21.7. The number of benzene rings is 6. The molecular formula is C35H21N3O. The van der Waals surface area contributed by atoms with E-state index in [9.17, 15) is 0 Å². The normalized spacial score (nSPS) is 11.6. The van der Waals surface area contributed by atoms with Crippen LogP contribution >= 0.6 is 0 Å². The summed E-state index contributed by atoms with van der Waals surface area (Å²) >= 11 is 0. The molecule has 0 bridgehead atoms. The lowest BCUT2D eigenvalue weighted by atomic mass is 10.1. The third-order valence-electron chi connectivity index (χ3n) is 7.29. The van der Waals surface area contributed by atoms with E-state index >= 15 is 0 Å². The highest BCUT2D eigenvalue weighted by Gasteiger charge is 2.15. The zero-order chi connectivity index (χ0) is 25.8. The molecule has 0 saturated carbocycles. The predicted molar refractivity (Wildman–Crippen MR) is 158 cm³/mol. The van der Waals surface area contributed by atoms with Gasteiger partial charge in [-0.25, -0.2) is 15.0 Å². The summed E-state index contributed by atoms with van der Waals surface area (Å²) in [5, 5.41) is 6.78. The number of aromatic nitrogens is 3. The molecule has 0 N–H and O–H groups in total. The van der Waals surface area contributed by atoms with Gasteiger partial charge in [0.25, 0.3) is 0 Å². The van der Waals surface area contributed by atoms with Gasteiger partial charge < -0.3 is 4.42 Å². The third-order valence-corrected chi connectivity index (χ3v) is 7.29. The van der Waals surface area contributed by atoms with Crippen molar-refractivity contribution in [2.24, 2.45) is 0 Å². The van der Waals surface area contributed by atoms with Crippen molar-refractivity contribution in [1.29, 1.82) is 0 Å². The molecule has 0 unspecified atom stereocenters. The van der Waals surface area contributed by atoms with E-state index in [1.807, 2.05) is 30.3 Å². The molecule has 0 aliphatic rings. The Bertz CT molecular complexity index is 2100. The van der Waals surface area contributed by atoms with Crippen molar-refractivity contribution in [3.63, 3.8) is 0 Å². The molecule has 4 heteroatoms. The molecule has 2 heterocycles. The molecule has 39 heavy (non-hydrogen) atoms. The van der Waals surface area contributed by atoms with Crippen molar-refractivity contribution in [2.45, 2.75) is 0 Å². The summed E-state index contributed by atoms with van der Waals surface area (Å²) in [4.78, 5) is 14.9. The zero-order valence-corrected chi connectivity index (χ0v) is 20.9. The molecule has 0 radical (unpaired) electrons. The summed E-state index contributed by atoms with van der Waals surface area (Å²) in [5.74, 6) is 1.92. The SMILES string of the molecule is c1ccc2cc(-c3nc(-c4ccc5ccccc5c4)nc(-c4ccc5oc6ccccc6c5c4)n3)ccc2c1. The van der Waals surface area contributed by atoms with Gasteiger partial charge in [0.15, 0.2) is 17.5 Å². The van der Waals surface area contributed by atoms with Crippen molar-refractivity contribution in [3.8, 4) is 34.2 Å². The van der Waals surface area contributed by atoms with Crippen molar-refractivity contribution >= 4 is 43.5 Å². The van der Waals surface area contributed by atoms with Crippen LogP contribution in [0.25, 0.3) is 77.6 Å². The molecule has 0 aliphatic heterocycles. The highest BCUT2D eigenvalue weighted by Crippen LogP contribution is 2.33. The first-order valence-corrected chi connectivity index (χ1v) is 12.9. The molecule has 0 fully saturated rings. The van der Waals surface area contributed by atoms with Crippen LogP contribution in [0, 0.1) is 0 Å². The first-order chi connectivity index (χ1) is 19.3. The molecule has 8 aromatic rings. The molecule has 0 aliphatic carbocycles. The molecule has 0 amide bonds. The Kier molecular flexibility index (Phi) is 4.79. The second kappa shape index (κ2) is 8.61. The van der Waals surface area contributed by atoms with E-state index < -0.39 is 0 Å². The molecule has 8 rings (SSSR count). The maximum Gasteiger partial charge on any atom is 0.164 e. The minimum Gasteiger partial charge on any atom is -0.456 e. The first-order valence-electron chi connectivity index (χ1n) is 12.9. The van der Waals surface area contributed by atoms with Crippen LogP contribution in [0.1, 0.15) is 0 Å². The summed E-state index contributed by atoms with van der Waals surface area (Å²) in [7, 11) is 0. The van der Waals surface area contributed by atoms with E-state index in [0.717, 1.165) is 49.4 Å². The number of hydrogen-bond acceptors (Lipinski definition) is 4. The lowest BCUT2D eigenvalue weighted by molar-refractivity contribution is 0.669. The fourth-order valence-electron chi connectivity index (χ4n) is 5.29. The maximum atomic E-state index is 6.06. The Morgan fingerprint density at radius 3 is 1.44 bits per heavy atom. The van der Waals surface area contributed by atoms with Crippen LogP contribution in [-0.2, 0) is 0 Å². The van der Waals surface area contributed by atoms with Gasteiger partial charge in [0.2, 0.25) is 0 Å². The highest BCUT2D eigenvalue weighted by atomic mass is 16.3. The van der Waals surface area contributed by atoms with E-state index in [4.69, 9.17) is 19.4 Å². The number of para-hydroxylation sites is 1. The minimum absolute atomic E-state index is 0.628. The molecule has 0 atom stereocenters. The Morgan fingerprint density at radius 1 is 0.359 bits per heavy atom. The van der Waals surface area contributed by atoms with E-state index in [-0.39, 0.29) is 0 Å². The fraction of sp³-hybridized carbons (Fsp3) is 0. The number of furan rings is 1. The van der Waals surface area contributed by atoms with Crippen LogP contribution in [0.4, 0.5) is 0 Å². The average molecular weight is 500 g/mol. The molecule has 0 saturated heterocycles. The van der Waals surface area contributed by atoms with Crippen molar-refractivity contribution in [1.82, 2.24) is 15.0 Å². The summed E-state index contributed by atoms with van der Waals surface area (Å²) < 4.78 is 6.06. The zero-order valence-electron chi connectivity index (χ0n) is 20.9. The summed E-state index contributed by atoms with van der Waals surface area (Å²) in [6.45, 7) is 0. The summed E-state index contributed by atoms with van der Waals surface area (Å²) in [6.07, 6.45) is 0. The smallest absolute Gasteiger partial charge is 0.164 e. The molecule has 6 aromatic carbocycles. The van der Waals surface area contributed by atoms with Gasteiger partial charge in [-0.2, -0.15) is 0 Å². The molecule has 0 spiro atoms. The minimum atomic E-state index is 0.628. The summed E-state index contributed by atoms with van der Waals surface area (Å²) in [5.41, 5.74) is 4.54. The monoisotopic (exact) mass is 499 g/mol. The van der Waals surface area contributed by atoms with E-state index in [1.165, 1.54) is 10.8 Å². The lowest BCUT2D eigenvalue weighted by Gasteiger charge is -2.10.